The number of anilines is 3. The molecule has 6 atom stereocenters. The molecule has 0 aromatic heterocycles. The number of morpholine rings is 2. The van der Waals surface area contributed by atoms with Gasteiger partial charge in [-0.3, -0.25) is 19.3 Å². The van der Waals surface area contributed by atoms with Crippen molar-refractivity contribution in [2.24, 2.45) is 5.92 Å². The van der Waals surface area contributed by atoms with E-state index in [1.165, 1.54) is 0 Å². The maximum atomic E-state index is 15.5. The van der Waals surface area contributed by atoms with Crippen molar-refractivity contribution in [2.45, 2.75) is 55.3 Å². The molecular formula is C51H46N4O6. The summed E-state index contributed by atoms with van der Waals surface area (Å²) in [5, 5.41) is 16.9. The Bertz CT molecular complexity index is 2560. The highest BCUT2D eigenvalue weighted by atomic mass is 16.6. The summed E-state index contributed by atoms with van der Waals surface area (Å²) < 4.78 is 12.1. The Morgan fingerprint density at radius 3 is 2.21 bits per heavy atom. The van der Waals surface area contributed by atoms with E-state index in [1.54, 1.807) is 24.3 Å². The minimum absolute atomic E-state index is 0.0489. The third kappa shape index (κ3) is 6.84. The lowest BCUT2D eigenvalue weighted by Gasteiger charge is -2.46. The van der Waals surface area contributed by atoms with Gasteiger partial charge in [0.15, 0.2) is 0 Å². The van der Waals surface area contributed by atoms with Crippen molar-refractivity contribution in [3.05, 3.63) is 167 Å². The van der Waals surface area contributed by atoms with Crippen LogP contribution in [0.1, 0.15) is 71.7 Å². The molecule has 1 spiro atoms. The summed E-state index contributed by atoms with van der Waals surface area (Å²) in [6, 6.07) is 36.7. The van der Waals surface area contributed by atoms with Gasteiger partial charge in [0, 0.05) is 35.7 Å². The van der Waals surface area contributed by atoms with Gasteiger partial charge in [-0.05, 0) is 108 Å². The Labute approximate surface area is 355 Å². The van der Waals surface area contributed by atoms with Gasteiger partial charge in [0.25, 0.3) is 0 Å². The number of hydrogen-bond acceptors (Lipinski definition) is 8. The maximum Gasteiger partial charge on any atom is 0.324 e. The average Bonchev–Trinajstić information content (AvgIpc) is 3.78. The number of aromatic hydroxyl groups is 1. The number of carbonyl (C=O) groups is 3. The second-order valence-corrected chi connectivity index (χ2v) is 16.4. The van der Waals surface area contributed by atoms with Crippen LogP contribution in [0.5, 0.6) is 5.75 Å². The molecule has 10 rings (SSSR count). The van der Waals surface area contributed by atoms with Gasteiger partial charge in [0.05, 0.1) is 31.2 Å². The van der Waals surface area contributed by atoms with Crippen molar-refractivity contribution in [3.8, 4) is 17.6 Å². The van der Waals surface area contributed by atoms with Crippen LogP contribution in [0, 0.1) is 17.8 Å². The van der Waals surface area contributed by atoms with Gasteiger partial charge in [-0.1, -0.05) is 90.7 Å². The van der Waals surface area contributed by atoms with E-state index >= 15 is 14.4 Å². The molecule has 306 valence electrons. The zero-order valence-corrected chi connectivity index (χ0v) is 33.6. The van der Waals surface area contributed by atoms with Crippen molar-refractivity contribution in [1.82, 2.24) is 4.90 Å². The monoisotopic (exact) mass is 810 g/mol. The number of nitrogens with zero attached hydrogens (tertiary/aromatic N) is 2. The number of rotatable bonds is 6. The van der Waals surface area contributed by atoms with E-state index in [1.807, 2.05) is 103 Å². The molecule has 61 heavy (non-hydrogen) atoms. The predicted octanol–water partition coefficient (Wildman–Crippen LogP) is 7.99. The molecule has 3 N–H and O–H groups in total. The van der Waals surface area contributed by atoms with E-state index in [0.717, 1.165) is 61.2 Å². The van der Waals surface area contributed by atoms with Crippen LogP contribution in [-0.2, 0) is 29.3 Å². The zero-order chi connectivity index (χ0) is 41.5. The lowest BCUT2D eigenvalue weighted by atomic mass is 9.65. The Hall–Kier alpha value is -6.67. The lowest BCUT2D eigenvalue weighted by Crippen LogP contribution is -2.53. The molecule has 5 aliphatic rings. The fourth-order valence-corrected chi connectivity index (χ4v) is 10.2. The first-order valence-corrected chi connectivity index (χ1v) is 21.2. The number of allylic oxidation sites excluding steroid dienone is 2. The third-order valence-electron chi connectivity index (χ3n) is 13.0. The Morgan fingerprint density at radius 1 is 0.787 bits per heavy atom. The smallest absolute Gasteiger partial charge is 0.324 e. The minimum atomic E-state index is -1.67. The number of hydrogen-bond donors (Lipinski definition) is 3. The standard InChI is InChI=1S/C51H46N4O6/c56-40-25-19-37(20-26-40)47-51(41-32-34(18-27-42(41)53-50(51)59)17-16-33-10-4-1-5-11-33)43(48(57)52-38-21-23-39(24-22-38)54-28-30-60-31-29-54)45-49(58)61-46(36-14-8-3-9-15-36)44(55(45)47)35-12-6-2-7-13-35/h2-3,6-10,12-15,18-27,32,43-47,56H,1,4-5,11,28-31H2,(H,52,57)(H,53,59). The van der Waals surface area contributed by atoms with Crippen LogP contribution in [0.25, 0.3) is 0 Å². The maximum absolute atomic E-state index is 15.5. The van der Waals surface area contributed by atoms with Crippen LogP contribution in [0.15, 0.2) is 139 Å². The van der Waals surface area contributed by atoms with E-state index in [4.69, 9.17) is 9.47 Å². The van der Waals surface area contributed by atoms with Gasteiger partial charge in [-0.15, -0.1) is 0 Å². The van der Waals surface area contributed by atoms with Gasteiger partial charge in [0.2, 0.25) is 11.8 Å². The molecule has 10 heteroatoms. The Kier molecular flexibility index (Phi) is 10.1. The highest BCUT2D eigenvalue weighted by Crippen LogP contribution is 2.65. The van der Waals surface area contributed by atoms with Gasteiger partial charge < -0.3 is 30.1 Å². The summed E-state index contributed by atoms with van der Waals surface area (Å²) in [6.45, 7) is 2.81. The molecule has 5 aromatic rings. The number of phenolic OH excluding ortho intramolecular Hbond substituents is 1. The SMILES string of the molecule is O=C1OC(c2ccccc2)C(c2ccccc2)N2C1C(C(=O)Nc1ccc(N3CCOCC3)cc1)C1(C(=O)Nc3ccc(C#CC4=CCCCC4)cc31)C2c1ccc(O)cc1. The van der Waals surface area contributed by atoms with Crippen LogP contribution in [0.2, 0.25) is 0 Å². The number of esters is 1. The number of benzene rings is 5. The summed E-state index contributed by atoms with van der Waals surface area (Å²) in [6.07, 6.45) is 5.56. The molecule has 3 fully saturated rings. The molecule has 3 saturated heterocycles. The van der Waals surface area contributed by atoms with E-state index in [0.29, 0.717) is 41.3 Å². The number of fused-ring (bicyclic) bond motifs is 3. The van der Waals surface area contributed by atoms with Gasteiger partial charge in [-0.2, -0.15) is 0 Å². The van der Waals surface area contributed by atoms with Crippen molar-refractivity contribution < 1.29 is 29.0 Å². The quantitative estimate of drug-likeness (QED) is 0.117. The second kappa shape index (κ2) is 16.1. The summed E-state index contributed by atoms with van der Waals surface area (Å²) in [7, 11) is 0. The zero-order valence-electron chi connectivity index (χ0n) is 33.6. The second-order valence-electron chi connectivity index (χ2n) is 16.4. The fourth-order valence-electron chi connectivity index (χ4n) is 10.2. The average molecular weight is 811 g/mol. The minimum Gasteiger partial charge on any atom is -0.508 e. The molecule has 0 saturated carbocycles. The van der Waals surface area contributed by atoms with E-state index in [2.05, 4.69) is 38.4 Å². The van der Waals surface area contributed by atoms with Crippen molar-refractivity contribution in [3.63, 3.8) is 0 Å². The first-order chi connectivity index (χ1) is 29.9. The van der Waals surface area contributed by atoms with Crippen LogP contribution in [0.3, 0.4) is 0 Å². The number of phenols is 1. The molecule has 0 radical (unpaired) electrons. The Morgan fingerprint density at radius 2 is 1.51 bits per heavy atom. The first kappa shape index (κ1) is 38.5. The molecule has 6 unspecified atom stereocenters. The third-order valence-corrected chi connectivity index (χ3v) is 13.0. The van der Waals surface area contributed by atoms with Crippen LogP contribution >= 0.6 is 0 Å². The largest absolute Gasteiger partial charge is 0.508 e. The summed E-state index contributed by atoms with van der Waals surface area (Å²) in [5.74, 6) is 4.00. The molecule has 0 bridgehead atoms. The molecule has 5 aromatic carbocycles. The number of cyclic esters (lactones) is 1. The van der Waals surface area contributed by atoms with Crippen molar-refractivity contribution in [2.75, 3.05) is 41.8 Å². The van der Waals surface area contributed by atoms with Crippen molar-refractivity contribution >= 4 is 34.8 Å². The molecule has 1 aliphatic carbocycles. The number of ether oxygens (including phenoxy) is 2. The summed E-state index contributed by atoms with van der Waals surface area (Å²) >= 11 is 0. The Balaban J connectivity index is 1.18. The molecule has 2 amide bonds. The van der Waals surface area contributed by atoms with Gasteiger partial charge in [0.1, 0.15) is 23.3 Å². The van der Waals surface area contributed by atoms with Crippen LogP contribution in [-0.4, -0.2) is 60.1 Å². The van der Waals surface area contributed by atoms with Crippen LogP contribution in [0.4, 0.5) is 17.1 Å². The first-order valence-electron chi connectivity index (χ1n) is 21.2. The number of amides is 2. The fraction of sp³-hybridized carbons (Fsp3) is 0.275. The van der Waals surface area contributed by atoms with E-state index in [-0.39, 0.29) is 5.75 Å². The van der Waals surface area contributed by atoms with Gasteiger partial charge >= 0.3 is 5.97 Å². The lowest BCUT2D eigenvalue weighted by molar-refractivity contribution is -0.177. The highest BCUT2D eigenvalue weighted by molar-refractivity contribution is 6.13. The van der Waals surface area contributed by atoms with Crippen molar-refractivity contribution in [1.29, 1.82) is 0 Å². The van der Waals surface area contributed by atoms with Crippen LogP contribution < -0.4 is 15.5 Å². The molecule has 10 nitrogen and oxygen atoms in total. The van der Waals surface area contributed by atoms with E-state index < -0.39 is 53.3 Å². The predicted molar refractivity (Wildman–Crippen MR) is 233 cm³/mol. The molecule has 4 aliphatic heterocycles. The van der Waals surface area contributed by atoms with Gasteiger partial charge in [-0.25, -0.2) is 0 Å². The molecule has 4 heterocycles. The molecular weight excluding hydrogens is 765 g/mol. The topological polar surface area (TPSA) is 120 Å². The summed E-state index contributed by atoms with van der Waals surface area (Å²) in [4.78, 5) is 50.4. The van der Waals surface area contributed by atoms with E-state index in [9.17, 15) is 5.11 Å². The number of carbonyl (C=O) groups excluding carboxylic acids is 3. The highest BCUT2D eigenvalue weighted by Gasteiger charge is 2.74. The summed E-state index contributed by atoms with van der Waals surface area (Å²) in [5.41, 5.74) is 5.06. The number of nitrogens with one attached hydrogen (secondary N) is 2. The normalized spacial score (nSPS) is 25.7.